The van der Waals surface area contributed by atoms with E-state index in [-0.39, 0.29) is 0 Å². The van der Waals surface area contributed by atoms with Crippen molar-refractivity contribution in [2.75, 3.05) is 0 Å². The zero-order chi connectivity index (χ0) is 17.0. The summed E-state index contributed by atoms with van der Waals surface area (Å²) in [5.41, 5.74) is 0. The van der Waals surface area contributed by atoms with E-state index in [0.717, 1.165) is 35.5 Å². The molecule has 0 aromatic heterocycles. The highest BCUT2D eigenvalue weighted by Gasteiger charge is 2.26. The molecule has 0 amide bonds. The van der Waals surface area contributed by atoms with E-state index in [4.69, 9.17) is 0 Å². The summed E-state index contributed by atoms with van der Waals surface area (Å²) in [7, 11) is 0. The molecule has 0 aliphatic heterocycles. The molecular weight excluding hydrogens is 252 g/mol. The quantitative estimate of drug-likeness (QED) is 0.385. The van der Waals surface area contributed by atoms with Crippen LogP contribution < -0.4 is 0 Å². The van der Waals surface area contributed by atoms with E-state index >= 15 is 0 Å². The Morgan fingerprint density at radius 1 is 0.619 bits per heavy atom. The summed E-state index contributed by atoms with van der Waals surface area (Å²) in [5, 5.41) is 0. The normalized spacial score (nSPS) is 18.4. The lowest BCUT2D eigenvalue weighted by molar-refractivity contribution is 0.164. The molecule has 0 aliphatic rings. The van der Waals surface area contributed by atoms with Gasteiger partial charge >= 0.3 is 0 Å². The van der Waals surface area contributed by atoms with Crippen LogP contribution in [0.1, 0.15) is 101 Å². The molecule has 0 aromatic rings. The maximum Gasteiger partial charge on any atom is -0.0389 e. The second-order valence-electron chi connectivity index (χ2n) is 7.49. The first-order chi connectivity index (χ1) is 9.84. The van der Waals surface area contributed by atoms with Crippen molar-refractivity contribution >= 4 is 0 Å². The summed E-state index contributed by atoms with van der Waals surface area (Å²) >= 11 is 0. The van der Waals surface area contributed by atoms with Crippen LogP contribution in [-0.2, 0) is 0 Å². The minimum Gasteiger partial charge on any atom is -0.0683 e. The van der Waals surface area contributed by atoms with Crippen LogP contribution in [0.2, 0.25) is 0 Å². The Labute approximate surface area is 137 Å². The van der Waals surface area contributed by atoms with E-state index in [1.54, 1.807) is 0 Å². The fraction of sp³-hybridized carbons (Fsp3) is 1.00. The first-order valence-corrected chi connectivity index (χ1v) is 9.84. The van der Waals surface area contributed by atoms with E-state index in [2.05, 4.69) is 55.4 Å². The molecular formula is C21H46. The fourth-order valence-electron chi connectivity index (χ4n) is 3.54. The molecule has 0 bridgehead atoms. The molecule has 5 unspecified atom stereocenters. The van der Waals surface area contributed by atoms with Gasteiger partial charge in [-0.1, -0.05) is 94.9 Å². The molecule has 0 fully saturated rings. The van der Waals surface area contributed by atoms with Crippen LogP contribution in [0.5, 0.6) is 0 Å². The molecule has 0 nitrogen and oxygen atoms in total. The van der Waals surface area contributed by atoms with Crippen molar-refractivity contribution in [2.24, 2.45) is 35.5 Å². The second-order valence-corrected chi connectivity index (χ2v) is 7.49. The number of hydrogen-bond donors (Lipinski definition) is 0. The monoisotopic (exact) mass is 298 g/mol. The van der Waals surface area contributed by atoms with Gasteiger partial charge in [0, 0.05) is 0 Å². The standard InChI is InChI=1S/C19H40.C2H6/c1-9-11-15(5)17(7)18(8)16(6)13-19(12-10-2)14(3)4;1-2/h14-19H,9-13H2,1-8H3;1-2H3. The van der Waals surface area contributed by atoms with Crippen LogP contribution in [0.25, 0.3) is 0 Å². The summed E-state index contributed by atoms with van der Waals surface area (Å²) in [4.78, 5) is 0. The summed E-state index contributed by atoms with van der Waals surface area (Å²) in [5.74, 6) is 5.25. The summed E-state index contributed by atoms with van der Waals surface area (Å²) in [6.07, 6.45) is 6.90. The fourth-order valence-corrected chi connectivity index (χ4v) is 3.54. The summed E-state index contributed by atoms with van der Waals surface area (Å²) in [6.45, 7) is 23.4. The van der Waals surface area contributed by atoms with Gasteiger partial charge in [-0.2, -0.15) is 0 Å². The molecule has 0 saturated heterocycles. The van der Waals surface area contributed by atoms with Crippen LogP contribution in [0.15, 0.2) is 0 Å². The topological polar surface area (TPSA) is 0 Å². The molecule has 0 N–H and O–H groups in total. The Morgan fingerprint density at radius 2 is 1.05 bits per heavy atom. The zero-order valence-electron chi connectivity index (χ0n) is 17.0. The Kier molecular flexibility index (Phi) is 15.1. The summed E-state index contributed by atoms with van der Waals surface area (Å²) < 4.78 is 0. The summed E-state index contributed by atoms with van der Waals surface area (Å²) in [6, 6.07) is 0. The average Bonchev–Trinajstić information content (AvgIpc) is 2.47. The highest BCUT2D eigenvalue weighted by atomic mass is 14.3. The second kappa shape index (κ2) is 13.6. The van der Waals surface area contributed by atoms with Crippen LogP contribution in [0.3, 0.4) is 0 Å². The van der Waals surface area contributed by atoms with E-state index < -0.39 is 0 Å². The van der Waals surface area contributed by atoms with Gasteiger partial charge in [-0.05, 0) is 41.9 Å². The van der Waals surface area contributed by atoms with Crippen molar-refractivity contribution in [1.82, 2.24) is 0 Å². The predicted octanol–water partition coefficient (Wildman–Crippen LogP) is 7.82. The molecule has 21 heavy (non-hydrogen) atoms. The minimum atomic E-state index is 0.845. The van der Waals surface area contributed by atoms with Gasteiger partial charge in [0.15, 0.2) is 0 Å². The van der Waals surface area contributed by atoms with Crippen molar-refractivity contribution in [3.05, 3.63) is 0 Å². The van der Waals surface area contributed by atoms with Gasteiger partial charge < -0.3 is 0 Å². The third kappa shape index (κ3) is 9.59. The van der Waals surface area contributed by atoms with E-state index in [1.165, 1.54) is 32.1 Å². The number of rotatable bonds is 10. The van der Waals surface area contributed by atoms with Crippen molar-refractivity contribution in [1.29, 1.82) is 0 Å². The molecule has 0 radical (unpaired) electrons. The van der Waals surface area contributed by atoms with Gasteiger partial charge in [0.1, 0.15) is 0 Å². The lowest BCUT2D eigenvalue weighted by Gasteiger charge is -2.33. The Hall–Kier alpha value is 0. The van der Waals surface area contributed by atoms with Crippen molar-refractivity contribution in [3.8, 4) is 0 Å². The molecule has 0 aliphatic carbocycles. The minimum absolute atomic E-state index is 0.845. The van der Waals surface area contributed by atoms with Gasteiger partial charge in [0.05, 0.1) is 0 Å². The van der Waals surface area contributed by atoms with Crippen LogP contribution in [-0.4, -0.2) is 0 Å². The molecule has 0 aromatic carbocycles. The zero-order valence-corrected chi connectivity index (χ0v) is 17.0. The van der Waals surface area contributed by atoms with Gasteiger partial charge in [0.2, 0.25) is 0 Å². The smallest absolute Gasteiger partial charge is 0.0389 e. The third-order valence-electron chi connectivity index (χ3n) is 5.65. The first kappa shape index (κ1) is 23.3. The Morgan fingerprint density at radius 3 is 1.43 bits per heavy atom. The molecule has 0 spiro atoms. The maximum atomic E-state index is 2.49. The number of hydrogen-bond acceptors (Lipinski definition) is 0. The van der Waals surface area contributed by atoms with Crippen molar-refractivity contribution in [2.45, 2.75) is 101 Å². The lowest BCUT2D eigenvalue weighted by Crippen LogP contribution is -2.25. The average molecular weight is 299 g/mol. The predicted molar refractivity (Wildman–Crippen MR) is 101 cm³/mol. The molecule has 5 atom stereocenters. The Balaban J connectivity index is 0. The SMILES string of the molecule is CC.CCCC(C)C(C)C(C)C(C)CC(CCC)C(C)C. The van der Waals surface area contributed by atoms with Gasteiger partial charge in [0.25, 0.3) is 0 Å². The largest absolute Gasteiger partial charge is 0.0683 e. The van der Waals surface area contributed by atoms with E-state index in [1.807, 2.05) is 13.8 Å². The van der Waals surface area contributed by atoms with Crippen molar-refractivity contribution < 1.29 is 0 Å². The van der Waals surface area contributed by atoms with Crippen molar-refractivity contribution in [3.63, 3.8) is 0 Å². The third-order valence-corrected chi connectivity index (χ3v) is 5.65. The highest BCUT2D eigenvalue weighted by Crippen LogP contribution is 2.35. The van der Waals surface area contributed by atoms with E-state index in [9.17, 15) is 0 Å². The Bertz CT molecular complexity index is 206. The lowest BCUT2D eigenvalue weighted by atomic mass is 9.72. The van der Waals surface area contributed by atoms with Gasteiger partial charge in [-0.3, -0.25) is 0 Å². The maximum absolute atomic E-state index is 2.49. The van der Waals surface area contributed by atoms with E-state index in [0.29, 0.717) is 0 Å². The highest BCUT2D eigenvalue weighted by molar-refractivity contribution is 4.76. The molecule has 0 heterocycles. The van der Waals surface area contributed by atoms with Crippen LogP contribution in [0.4, 0.5) is 0 Å². The van der Waals surface area contributed by atoms with Gasteiger partial charge in [-0.25, -0.2) is 0 Å². The molecule has 130 valence electrons. The van der Waals surface area contributed by atoms with Crippen LogP contribution >= 0.6 is 0 Å². The first-order valence-electron chi connectivity index (χ1n) is 9.84. The molecule has 0 heteroatoms. The molecule has 0 rings (SSSR count). The molecule has 0 saturated carbocycles. The van der Waals surface area contributed by atoms with Gasteiger partial charge in [-0.15, -0.1) is 0 Å². The van der Waals surface area contributed by atoms with Crippen LogP contribution in [0, 0.1) is 35.5 Å².